The highest BCUT2D eigenvalue weighted by Crippen LogP contribution is 2.29. The molecular formula is C12H22N2OS. The molecule has 1 rings (SSSR count). The lowest BCUT2D eigenvalue weighted by Gasteiger charge is -2.29. The van der Waals surface area contributed by atoms with Crippen molar-refractivity contribution in [2.75, 3.05) is 5.75 Å². The Morgan fingerprint density at radius 3 is 2.12 bits per heavy atom. The number of rotatable bonds is 6. The van der Waals surface area contributed by atoms with Gasteiger partial charge >= 0.3 is 5.69 Å². The first-order valence-electron chi connectivity index (χ1n) is 5.99. The van der Waals surface area contributed by atoms with Gasteiger partial charge in [-0.1, -0.05) is 13.8 Å². The van der Waals surface area contributed by atoms with Crippen LogP contribution in [0.1, 0.15) is 33.6 Å². The van der Waals surface area contributed by atoms with Crippen LogP contribution in [0.15, 0.2) is 17.2 Å². The van der Waals surface area contributed by atoms with E-state index in [0.717, 1.165) is 31.7 Å². The van der Waals surface area contributed by atoms with Crippen LogP contribution in [0.2, 0.25) is 0 Å². The minimum Gasteiger partial charge on any atom is -0.300 e. The summed E-state index contributed by atoms with van der Waals surface area (Å²) in [5.41, 5.74) is 0.239. The summed E-state index contributed by atoms with van der Waals surface area (Å²) < 4.78 is 3.54. The summed E-state index contributed by atoms with van der Waals surface area (Å²) in [7, 11) is 0. The molecule has 0 unspecified atom stereocenters. The van der Waals surface area contributed by atoms with Gasteiger partial charge in [-0.3, -0.25) is 9.13 Å². The monoisotopic (exact) mass is 242 g/mol. The Hall–Kier alpha value is -0.640. The van der Waals surface area contributed by atoms with Crippen LogP contribution in [0, 0.1) is 5.41 Å². The van der Waals surface area contributed by atoms with Gasteiger partial charge in [-0.2, -0.15) is 12.6 Å². The highest BCUT2D eigenvalue weighted by molar-refractivity contribution is 7.80. The molecule has 1 aromatic rings. The van der Waals surface area contributed by atoms with E-state index in [4.69, 9.17) is 0 Å². The summed E-state index contributed by atoms with van der Waals surface area (Å²) in [5, 5.41) is 0. The molecular weight excluding hydrogens is 220 g/mol. The van der Waals surface area contributed by atoms with Gasteiger partial charge in [0, 0.05) is 25.5 Å². The van der Waals surface area contributed by atoms with Crippen LogP contribution in [0.3, 0.4) is 0 Å². The first-order chi connectivity index (χ1) is 7.62. The molecule has 0 spiro atoms. The number of hydrogen-bond donors (Lipinski definition) is 1. The van der Waals surface area contributed by atoms with E-state index in [-0.39, 0.29) is 11.1 Å². The smallest absolute Gasteiger partial charge is 0.300 e. The summed E-state index contributed by atoms with van der Waals surface area (Å²) in [6.07, 6.45) is 5.85. The fraction of sp³-hybridized carbons (Fsp3) is 0.750. The number of aromatic nitrogens is 2. The number of hydrogen-bond acceptors (Lipinski definition) is 2. The molecule has 0 saturated carbocycles. The topological polar surface area (TPSA) is 26.9 Å². The van der Waals surface area contributed by atoms with Gasteiger partial charge in [0.2, 0.25) is 0 Å². The maximum Gasteiger partial charge on any atom is 0.328 e. The fourth-order valence-electron chi connectivity index (χ4n) is 1.92. The Balaban J connectivity index is 2.94. The summed E-state index contributed by atoms with van der Waals surface area (Å²) in [6.45, 7) is 7.83. The lowest BCUT2D eigenvalue weighted by Crippen LogP contribution is -2.33. The average Bonchev–Trinajstić information content (AvgIpc) is 2.67. The molecule has 0 bridgehead atoms. The second kappa shape index (κ2) is 5.62. The maximum atomic E-state index is 11.9. The van der Waals surface area contributed by atoms with Crippen LogP contribution in [0.25, 0.3) is 0 Å². The molecule has 0 atom stereocenters. The second-order valence-corrected chi connectivity index (χ2v) is 4.68. The predicted molar refractivity (Wildman–Crippen MR) is 71.2 cm³/mol. The van der Waals surface area contributed by atoms with Gasteiger partial charge in [0.25, 0.3) is 0 Å². The molecule has 1 heterocycles. The van der Waals surface area contributed by atoms with Crippen molar-refractivity contribution in [3.05, 3.63) is 22.9 Å². The standard InChI is InChI=1S/C12H22N2OS/c1-4-12(5-2,10-16)9-14-8-7-13(6-3)11(14)15/h7-8,16H,4-6,9-10H2,1-3H3. The SMILES string of the molecule is CCn1ccn(CC(CC)(CC)CS)c1=O. The van der Waals surface area contributed by atoms with Crippen molar-refractivity contribution < 1.29 is 0 Å². The van der Waals surface area contributed by atoms with Gasteiger partial charge in [-0.05, 0) is 30.9 Å². The van der Waals surface area contributed by atoms with E-state index in [1.54, 1.807) is 4.57 Å². The summed E-state index contributed by atoms with van der Waals surface area (Å²) in [4.78, 5) is 11.9. The average molecular weight is 242 g/mol. The van der Waals surface area contributed by atoms with Crippen molar-refractivity contribution in [1.29, 1.82) is 0 Å². The largest absolute Gasteiger partial charge is 0.328 e. The Morgan fingerprint density at radius 2 is 1.75 bits per heavy atom. The van der Waals surface area contributed by atoms with Crippen molar-refractivity contribution in [1.82, 2.24) is 9.13 Å². The summed E-state index contributed by atoms with van der Waals surface area (Å²) in [5.74, 6) is 0.823. The zero-order valence-corrected chi connectivity index (χ0v) is 11.3. The van der Waals surface area contributed by atoms with Crippen molar-refractivity contribution >= 4 is 12.6 Å². The summed E-state index contributed by atoms with van der Waals surface area (Å²) in [6, 6.07) is 0. The minimum absolute atomic E-state index is 0.0931. The van der Waals surface area contributed by atoms with E-state index in [9.17, 15) is 4.79 Å². The van der Waals surface area contributed by atoms with E-state index in [1.807, 2.05) is 23.9 Å². The van der Waals surface area contributed by atoms with Crippen LogP contribution in [0.4, 0.5) is 0 Å². The van der Waals surface area contributed by atoms with Crippen molar-refractivity contribution in [2.45, 2.75) is 46.7 Å². The molecule has 1 aromatic heterocycles. The molecule has 4 heteroatoms. The Bertz CT molecular complexity index is 368. The van der Waals surface area contributed by atoms with Gasteiger partial charge in [-0.25, -0.2) is 4.79 Å². The first kappa shape index (κ1) is 13.4. The third kappa shape index (κ3) is 2.54. The first-order valence-corrected chi connectivity index (χ1v) is 6.62. The van der Waals surface area contributed by atoms with E-state index < -0.39 is 0 Å². The fourth-order valence-corrected chi connectivity index (χ4v) is 2.47. The van der Waals surface area contributed by atoms with Crippen LogP contribution in [-0.4, -0.2) is 14.9 Å². The van der Waals surface area contributed by atoms with E-state index in [0.29, 0.717) is 0 Å². The van der Waals surface area contributed by atoms with Crippen molar-refractivity contribution in [3.8, 4) is 0 Å². The Kier molecular flexibility index (Phi) is 4.71. The molecule has 0 fully saturated rings. The molecule has 0 saturated heterocycles. The molecule has 0 aliphatic heterocycles. The van der Waals surface area contributed by atoms with E-state index in [2.05, 4.69) is 26.5 Å². The van der Waals surface area contributed by atoms with Gasteiger partial charge in [0.1, 0.15) is 0 Å². The third-order valence-corrected chi connectivity index (χ3v) is 4.27. The van der Waals surface area contributed by atoms with Gasteiger partial charge in [0.05, 0.1) is 0 Å². The number of thiol groups is 1. The molecule has 0 N–H and O–H groups in total. The van der Waals surface area contributed by atoms with Crippen LogP contribution in [-0.2, 0) is 13.1 Å². The lowest BCUT2D eigenvalue weighted by molar-refractivity contribution is 0.254. The second-order valence-electron chi connectivity index (χ2n) is 4.36. The molecule has 0 radical (unpaired) electrons. The quantitative estimate of drug-likeness (QED) is 0.762. The highest BCUT2D eigenvalue weighted by Gasteiger charge is 2.25. The Labute approximate surface area is 103 Å². The molecule has 3 nitrogen and oxygen atoms in total. The maximum absolute atomic E-state index is 11.9. The molecule has 0 aliphatic rings. The van der Waals surface area contributed by atoms with Crippen molar-refractivity contribution in [3.63, 3.8) is 0 Å². The van der Waals surface area contributed by atoms with E-state index >= 15 is 0 Å². The third-order valence-electron chi connectivity index (χ3n) is 3.60. The number of imidazole rings is 1. The number of aryl methyl sites for hydroxylation is 1. The van der Waals surface area contributed by atoms with E-state index in [1.165, 1.54) is 0 Å². The van der Waals surface area contributed by atoms with Gasteiger partial charge < -0.3 is 0 Å². The zero-order chi connectivity index (χ0) is 12.2. The number of nitrogens with zero attached hydrogens (tertiary/aromatic N) is 2. The van der Waals surface area contributed by atoms with Crippen LogP contribution < -0.4 is 5.69 Å². The normalized spacial score (nSPS) is 12.0. The molecule has 16 heavy (non-hydrogen) atoms. The van der Waals surface area contributed by atoms with Gasteiger partial charge in [0.15, 0.2) is 0 Å². The predicted octanol–water partition coefficient (Wildman–Crippen LogP) is 2.41. The lowest BCUT2D eigenvalue weighted by atomic mass is 9.84. The van der Waals surface area contributed by atoms with Crippen LogP contribution in [0.5, 0.6) is 0 Å². The Morgan fingerprint density at radius 1 is 1.19 bits per heavy atom. The minimum atomic E-state index is 0.0931. The molecule has 0 aromatic carbocycles. The molecule has 0 amide bonds. The summed E-state index contributed by atoms with van der Waals surface area (Å²) >= 11 is 4.43. The van der Waals surface area contributed by atoms with Gasteiger partial charge in [-0.15, -0.1) is 0 Å². The van der Waals surface area contributed by atoms with Crippen molar-refractivity contribution in [2.24, 2.45) is 5.41 Å². The van der Waals surface area contributed by atoms with Crippen LogP contribution >= 0.6 is 12.6 Å². The molecule has 92 valence electrons. The molecule has 0 aliphatic carbocycles. The highest BCUT2D eigenvalue weighted by atomic mass is 32.1. The zero-order valence-electron chi connectivity index (χ0n) is 10.4.